The molecule has 0 radical (unpaired) electrons. The molecule has 170 valence electrons. The molecule has 0 fully saturated rings. The van der Waals surface area contributed by atoms with Crippen LogP contribution in [0.4, 0.5) is 0 Å². The van der Waals surface area contributed by atoms with Gasteiger partial charge in [-0.2, -0.15) is 0 Å². The molecule has 1 aliphatic heterocycles. The first-order valence-electron chi connectivity index (χ1n) is 12.2. The molecule has 1 atom stereocenters. The van der Waals surface area contributed by atoms with Crippen molar-refractivity contribution in [3.8, 4) is 0 Å². The molecule has 1 heterocycles. The first-order valence-corrected chi connectivity index (χ1v) is 12.2. The van der Waals surface area contributed by atoms with Crippen molar-refractivity contribution in [2.24, 2.45) is 0 Å². The van der Waals surface area contributed by atoms with E-state index in [0.717, 1.165) is 38.5 Å². The molecule has 0 saturated carbocycles. The van der Waals surface area contributed by atoms with Gasteiger partial charge < -0.3 is 9.84 Å². The Kier molecular flexibility index (Phi) is 15.1. The highest BCUT2D eigenvalue weighted by atomic mass is 16.7. The fourth-order valence-corrected chi connectivity index (χ4v) is 3.59. The third kappa shape index (κ3) is 14.4. The summed E-state index contributed by atoms with van der Waals surface area (Å²) in [6.07, 6.45) is 32.9. The number of aliphatic hydroxyl groups is 1. The lowest BCUT2D eigenvalue weighted by molar-refractivity contribution is -0.172. The minimum absolute atomic E-state index is 0.376. The molecule has 1 N–H and O–H groups in total. The molecule has 0 bridgehead atoms. The zero-order chi connectivity index (χ0) is 21.9. The highest BCUT2D eigenvalue weighted by Gasteiger charge is 2.32. The van der Waals surface area contributed by atoms with Crippen LogP contribution in [-0.2, 0) is 9.53 Å². The average Bonchev–Trinajstić information content (AvgIpc) is 2.97. The van der Waals surface area contributed by atoms with Crippen molar-refractivity contribution in [1.82, 2.24) is 0 Å². The molecular weight excluding hydrogens is 372 g/mol. The van der Waals surface area contributed by atoms with Gasteiger partial charge >= 0.3 is 5.97 Å². The Morgan fingerprint density at radius 3 is 1.83 bits per heavy atom. The first-order chi connectivity index (χ1) is 14.5. The van der Waals surface area contributed by atoms with E-state index in [2.05, 4.69) is 43.4 Å². The van der Waals surface area contributed by atoms with Crippen molar-refractivity contribution in [3.63, 3.8) is 0 Å². The smallest absolute Gasteiger partial charge is 0.336 e. The first kappa shape index (κ1) is 26.4. The van der Waals surface area contributed by atoms with Gasteiger partial charge in [0.05, 0.1) is 0 Å². The predicted molar refractivity (Wildman–Crippen MR) is 127 cm³/mol. The third-order valence-corrected chi connectivity index (χ3v) is 5.34. The quantitative estimate of drug-likeness (QED) is 0.141. The van der Waals surface area contributed by atoms with Gasteiger partial charge in [0.1, 0.15) is 0 Å². The van der Waals surface area contributed by atoms with Crippen molar-refractivity contribution < 1.29 is 14.6 Å². The minimum Gasteiger partial charge on any atom is -0.426 e. The molecule has 1 rings (SSSR count). The number of carbonyl (C=O) groups excluding carboxylic acids is 1. The van der Waals surface area contributed by atoms with Crippen LogP contribution >= 0.6 is 0 Å². The molecule has 3 nitrogen and oxygen atoms in total. The standard InChI is InChI=1S/C27H44O3/c1-3-4-5-6-7-8-9-10-11-12-13-14-15-16-17-18-19-20-21-22-23-25-24-27(2,29)30-26(25)28/h11-12,14-15,17-18,24,29H,3-10,13,16,19-23H2,1-2H3/b12-11-,15-14-,18-17-. The Bertz CT molecular complexity index is 567. The predicted octanol–water partition coefficient (Wildman–Crippen LogP) is 7.72. The second-order valence-electron chi connectivity index (χ2n) is 8.51. The maximum absolute atomic E-state index is 11.5. The number of ether oxygens (including phenoxy) is 1. The van der Waals surface area contributed by atoms with Crippen LogP contribution in [0.3, 0.4) is 0 Å². The monoisotopic (exact) mass is 416 g/mol. The van der Waals surface area contributed by atoms with Gasteiger partial charge in [-0.3, -0.25) is 0 Å². The van der Waals surface area contributed by atoms with Gasteiger partial charge in [0.2, 0.25) is 5.79 Å². The van der Waals surface area contributed by atoms with Crippen molar-refractivity contribution in [2.75, 3.05) is 0 Å². The summed E-state index contributed by atoms with van der Waals surface area (Å²) in [4.78, 5) is 11.5. The lowest BCUT2D eigenvalue weighted by Crippen LogP contribution is -2.22. The summed E-state index contributed by atoms with van der Waals surface area (Å²) >= 11 is 0. The van der Waals surface area contributed by atoms with Gasteiger partial charge in [-0.25, -0.2) is 4.79 Å². The number of esters is 1. The molecule has 0 saturated heterocycles. The summed E-state index contributed by atoms with van der Waals surface area (Å²) in [5.41, 5.74) is 0.608. The van der Waals surface area contributed by atoms with Crippen molar-refractivity contribution in [1.29, 1.82) is 0 Å². The molecule has 0 aliphatic carbocycles. The maximum Gasteiger partial charge on any atom is 0.336 e. The van der Waals surface area contributed by atoms with E-state index in [0.29, 0.717) is 12.0 Å². The maximum atomic E-state index is 11.5. The summed E-state index contributed by atoms with van der Waals surface area (Å²) in [5.74, 6) is -1.79. The Morgan fingerprint density at radius 2 is 1.30 bits per heavy atom. The Hall–Kier alpha value is -1.61. The van der Waals surface area contributed by atoms with Gasteiger partial charge in [0.25, 0.3) is 0 Å². The number of rotatable bonds is 18. The normalized spacial score (nSPS) is 19.4. The molecule has 30 heavy (non-hydrogen) atoms. The van der Waals surface area contributed by atoms with Crippen LogP contribution in [0.2, 0.25) is 0 Å². The van der Waals surface area contributed by atoms with Crippen LogP contribution < -0.4 is 0 Å². The summed E-state index contributed by atoms with van der Waals surface area (Å²) in [5, 5.41) is 9.66. The average molecular weight is 417 g/mol. The minimum atomic E-state index is -1.41. The second-order valence-corrected chi connectivity index (χ2v) is 8.51. The number of hydrogen-bond acceptors (Lipinski definition) is 3. The van der Waals surface area contributed by atoms with E-state index in [4.69, 9.17) is 4.74 Å². The van der Waals surface area contributed by atoms with Gasteiger partial charge in [-0.05, 0) is 57.4 Å². The number of cyclic esters (lactones) is 1. The van der Waals surface area contributed by atoms with Crippen LogP contribution in [-0.4, -0.2) is 16.9 Å². The van der Waals surface area contributed by atoms with E-state index >= 15 is 0 Å². The summed E-state index contributed by atoms with van der Waals surface area (Å²) in [6, 6.07) is 0. The Morgan fingerprint density at radius 1 is 0.800 bits per heavy atom. The Balaban J connectivity index is 1.88. The number of unbranched alkanes of at least 4 members (excludes halogenated alkanes) is 10. The zero-order valence-corrected chi connectivity index (χ0v) is 19.4. The molecule has 0 aromatic rings. The highest BCUT2D eigenvalue weighted by molar-refractivity contribution is 5.91. The molecule has 0 spiro atoms. The summed E-state index contributed by atoms with van der Waals surface area (Å²) in [6.45, 7) is 3.76. The highest BCUT2D eigenvalue weighted by Crippen LogP contribution is 2.25. The molecule has 0 amide bonds. The fraction of sp³-hybridized carbons (Fsp3) is 0.667. The van der Waals surface area contributed by atoms with Crippen LogP contribution in [0.25, 0.3) is 0 Å². The van der Waals surface area contributed by atoms with Crippen molar-refractivity contribution >= 4 is 5.97 Å². The zero-order valence-electron chi connectivity index (χ0n) is 19.4. The van der Waals surface area contributed by atoms with Crippen molar-refractivity contribution in [2.45, 2.75) is 116 Å². The van der Waals surface area contributed by atoms with E-state index in [1.165, 1.54) is 64.4 Å². The molecule has 1 aliphatic rings. The van der Waals surface area contributed by atoms with E-state index in [-0.39, 0.29) is 5.97 Å². The number of hydrogen-bond donors (Lipinski definition) is 1. The molecule has 0 aromatic carbocycles. The van der Waals surface area contributed by atoms with E-state index < -0.39 is 5.79 Å². The molecule has 3 heteroatoms. The third-order valence-electron chi connectivity index (χ3n) is 5.34. The van der Waals surface area contributed by atoms with Crippen molar-refractivity contribution in [3.05, 3.63) is 48.1 Å². The lowest BCUT2D eigenvalue weighted by atomic mass is 10.1. The Labute approximate surface area is 185 Å². The fourth-order valence-electron chi connectivity index (χ4n) is 3.59. The largest absolute Gasteiger partial charge is 0.426 e. The van der Waals surface area contributed by atoms with Crippen LogP contribution in [0.1, 0.15) is 110 Å². The van der Waals surface area contributed by atoms with E-state index in [1.807, 2.05) is 0 Å². The van der Waals surface area contributed by atoms with Gasteiger partial charge in [0.15, 0.2) is 0 Å². The SMILES string of the molecule is CCCCCCCCC/C=C\C/C=C\C/C=C\CCCCCC1=CC(C)(O)OC1=O. The lowest BCUT2D eigenvalue weighted by Gasteiger charge is -2.11. The summed E-state index contributed by atoms with van der Waals surface area (Å²) in [7, 11) is 0. The second kappa shape index (κ2) is 17.1. The van der Waals surface area contributed by atoms with Crippen LogP contribution in [0.15, 0.2) is 48.1 Å². The number of allylic oxidation sites excluding steroid dienone is 6. The molecule has 1 unspecified atom stereocenters. The van der Waals surface area contributed by atoms with Gasteiger partial charge in [0, 0.05) is 12.5 Å². The topological polar surface area (TPSA) is 46.5 Å². The van der Waals surface area contributed by atoms with Gasteiger partial charge in [-0.1, -0.05) is 88.3 Å². The van der Waals surface area contributed by atoms with E-state index in [9.17, 15) is 9.90 Å². The van der Waals surface area contributed by atoms with Crippen LogP contribution in [0, 0.1) is 0 Å². The van der Waals surface area contributed by atoms with Gasteiger partial charge in [-0.15, -0.1) is 0 Å². The van der Waals surface area contributed by atoms with Crippen LogP contribution in [0.5, 0.6) is 0 Å². The summed E-state index contributed by atoms with van der Waals surface area (Å²) < 4.78 is 4.86. The number of carbonyl (C=O) groups is 1. The van der Waals surface area contributed by atoms with E-state index in [1.54, 1.807) is 0 Å². The molecule has 0 aromatic heterocycles. The molecular formula is C27H44O3.